The van der Waals surface area contributed by atoms with Gasteiger partial charge in [0.2, 0.25) is 5.78 Å². The van der Waals surface area contributed by atoms with E-state index in [9.17, 15) is 33.9 Å². The second kappa shape index (κ2) is 12.8. The molecule has 44 heavy (non-hydrogen) atoms. The first-order valence-corrected chi connectivity index (χ1v) is 14.8. The van der Waals surface area contributed by atoms with Gasteiger partial charge in [0.15, 0.2) is 5.60 Å². The maximum Gasteiger partial charge on any atom is 0.306 e. The van der Waals surface area contributed by atoms with Gasteiger partial charge >= 0.3 is 29.8 Å². The summed E-state index contributed by atoms with van der Waals surface area (Å²) in [5.74, 6) is -8.84. The molecule has 0 aromatic rings. The van der Waals surface area contributed by atoms with E-state index in [1.54, 1.807) is 26.8 Å². The largest absolute Gasteiger partial charge is 0.465 e. The summed E-state index contributed by atoms with van der Waals surface area (Å²) in [7, 11) is 0. The Labute approximate surface area is 257 Å². The second-order valence-electron chi connectivity index (χ2n) is 12.6. The number of aliphatic hydroxyl groups is 1. The molecule has 10 unspecified atom stereocenters. The lowest BCUT2D eigenvalue weighted by Gasteiger charge is -2.55. The quantitative estimate of drug-likeness (QED) is 0.228. The Balaban J connectivity index is 2.60. The minimum Gasteiger partial charge on any atom is -0.465 e. The van der Waals surface area contributed by atoms with E-state index in [0.717, 1.165) is 20.8 Å². The van der Waals surface area contributed by atoms with Crippen molar-refractivity contribution in [2.75, 3.05) is 6.61 Å². The highest BCUT2D eigenvalue weighted by Gasteiger charge is 2.78. The fourth-order valence-electron chi connectivity index (χ4n) is 7.79. The molecule has 0 spiro atoms. The van der Waals surface area contributed by atoms with E-state index in [1.165, 1.54) is 19.9 Å². The van der Waals surface area contributed by atoms with Crippen molar-refractivity contribution in [2.45, 2.75) is 104 Å². The van der Waals surface area contributed by atoms with Crippen LogP contribution in [0.4, 0.5) is 0 Å². The molecule has 3 rings (SSSR count). The highest BCUT2D eigenvalue weighted by molar-refractivity contribution is 5.98. The van der Waals surface area contributed by atoms with Crippen molar-refractivity contribution in [1.29, 1.82) is 0 Å². The number of carbonyl (C=O) groups is 6. The highest BCUT2D eigenvalue weighted by Crippen LogP contribution is 2.63. The lowest BCUT2D eigenvalue weighted by Crippen LogP contribution is -2.66. The normalized spacial score (nSPS) is 37.5. The van der Waals surface area contributed by atoms with E-state index in [4.69, 9.17) is 23.7 Å². The minimum absolute atomic E-state index is 0.0613. The molecule has 12 heteroatoms. The van der Waals surface area contributed by atoms with Crippen LogP contribution in [0.3, 0.4) is 0 Å². The molecular weight excluding hydrogens is 576 g/mol. The summed E-state index contributed by atoms with van der Waals surface area (Å²) in [6.45, 7) is 14.4. The zero-order valence-corrected chi connectivity index (χ0v) is 26.7. The predicted octanol–water partition coefficient (Wildman–Crippen LogP) is 2.78. The van der Waals surface area contributed by atoms with Gasteiger partial charge in [-0.25, -0.2) is 0 Å². The Morgan fingerprint density at radius 1 is 0.955 bits per heavy atom. The fraction of sp³-hybridized carbons (Fsp3) is 0.688. The molecule has 0 heterocycles. The first-order chi connectivity index (χ1) is 20.4. The molecule has 0 radical (unpaired) electrons. The third-order valence-electron chi connectivity index (χ3n) is 9.07. The second-order valence-corrected chi connectivity index (χ2v) is 12.6. The van der Waals surface area contributed by atoms with Crippen LogP contribution in [0.25, 0.3) is 0 Å². The van der Waals surface area contributed by atoms with Gasteiger partial charge < -0.3 is 28.8 Å². The number of Topliss-reactive ketones (excluding diaryl/α,β-unsaturated/α-hetero) is 1. The Hall–Kier alpha value is -3.54. The monoisotopic (exact) mass is 620 g/mol. The standard InChI is InChI=1S/C32H44O12/c1-10-11-24(37)43-28-25-26(42-20(7)35)17(4)14-32(25,44-21(8)36)29(38)30(9,39)27-22(16(2)3)12-13-23(41-19(6)34)31(27,28)15-40-18(5)33/h12-13,17,22-23,25-28,39H,2,10-11,14-15H2,1,3-9H3. The Bertz CT molecular complexity index is 1250. The van der Waals surface area contributed by atoms with Gasteiger partial charge in [-0.2, -0.15) is 0 Å². The van der Waals surface area contributed by atoms with Crippen LogP contribution < -0.4 is 0 Å². The Kier molecular flexibility index (Phi) is 10.2. The zero-order valence-electron chi connectivity index (χ0n) is 26.7. The summed E-state index contributed by atoms with van der Waals surface area (Å²) in [5, 5.41) is 12.5. The minimum atomic E-state index is -2.39. The molecule has 2 saturated carbocycles. The first-order valence-electron chi connectivity index (χ1n) is 14.8. The number of hydrogen-bond donors (Lipinski definition) is 1. The molecule has 2 fully saturated rings. The molecule has 10 atom stereocenters. The fourth-order valence-corrected chi connectivity index (χ4v) is 7.79. The van der Waals surface area contributed by atoms with Crippen LogP contribution >= 0.6 is 0 Å². The molecule has 244 valence electrons. The Morgan fingerprint density at radius 2 is 1.57 bits per heavy atom. The summed E-state index contributed by atoms with van der Waals surface area (Å²) >= 11 is 0. The van der Waals surface area contributed by atoms with Gasteiger partial charge in [-0.3, -0.25) is 28.8 Å². The third-order valence-corrected chi connectivity index (χ3v) is 9.07. The third kappa shape index (κ3) is 6.05. The van der Waals surface area contributed by atoms with Gasteiger partial charge in [-0.1, -0.05) is 32.1 Å². The number of ketones is 1. The van der Waals surface area contributed by atoms with Crippen molar-refractivity contribution in [3.8, 4) is 0 Å². The molecule has 0 bridgehead atoms. The molecular formula is C32H44O12. The van der Waals surface area contributed by atoms with E-state index in [0.29, 0.717) is 12.0 Å². The average Bonchev–Trinajstić information content (AvgIpc) is 3.13. The SMILES string of the molecule is C=C(C)C1C=CC(OC(C)=O)C2(COC(C)=O)C(OC(=O)CCC)C3C(OC(C)=O)C(C)CC3(OC(C)=O)C(=O)C(C)(O)C12. The van der Waals surface area contributed by atoms with E-state index in [1.807, 2.05) is 0 Å². The van der Waals surface area contributed by atoms with Crippen molar-refractivity contribution in [2.24, 2.45) is 29.1 Å². The first kappa shape index (κ1) is 34.9. The molecule has 0 amide bonds. The lowest BCUT2D eigenvalue weighted by atomic mass is 9.53. The summed E-state index contributed by atoms with van der Waals surface area (Å²) in [6, 6.07) is 0. The molecule has 0 aromatic carbocycles. The van der Waals surface area contributed by atoms with Crippen molar-refractivity contribution in [1.82, 2.24) is 0 Å². The van der Waals surface area contributed by atoms with Crippen LogP contribution in [0.5, 0.6) is 0 Å². The summed E-state index contributed by atoms with van der Waals surface area (Å²) in [5.41, 5.74) is -5.93. The smallest absolute Gasteiger partial charge is 0.306 e. The predicted molar refractivity (Wildman–Crippen MR) is 153 cm³/mol. The maximum absolute atomic E-state index is 14.9. The van der Waals surface area contributed by atoms with E-state index >= 15 is 0 Å². The number of carbonyl (C=O) groups excluding carboxylic acids is 6. The number of fused-ring (bicyclic) bond motifs is 2. The van der Waals surface area contributed by atoms with Crippen LogP contribution in [0.1, 0.15) is 74.7 Å². The van der Waals surface area contributed by atoms with E-state index < -0.39 is 101 Å². The summed E-state index contributed by atoms with van der Waals surface area (Å²) < 4.78 is 29.3. The van der Waals surface area contributed by atoms with Gasteiger partial charge in [-0.15, -0.1) is 0 Å². The molecule has 3 aliphatic rings. The Morgan fingerprint density at radius 3 is 2.07 bits per heavy atom. The number of allylic oxidation sites excluding steroid dienone is 2. The molecule has 0 aromatic heterocycles. The van der Waals surface area contributed by atoms with Crippen molar-refractivity contribution >= 4 is 35.6 Å². The number of hydrogen-bond acceptors (Lipinski definition) is 12. The average molecular weight is 621 g/mol. The molecule has 0 saturated heterocycles. The summed E-state index contributed by atoms with van der Waals surface area (Å²) in [4.78, 5) is 78.5. The van der Waals surface area contributed by atoms with Crippen LogP contribution in [0.15, 0.2) is 24.3 Å². The van der Waals surface area contributed by atoms with Crippen molar-refractivity contribution in [3.63, 3.8) is 0 Å². The van der Waals surface area contributed by atoms with Gasteiger partial charge in [0.1, 0.15) is 30.5 Å². The number of ether oxygens (including phenoxy) is 5. The number of esters is 5. The van der Waals surface area contributed by atoms with Crippen molar-refractivity contribution in [3.05, 3.63) is 24.3 Å². The van der Waals surface area contributed by atoms with Gasteiger partial charge in [0.05, 0.1) is 11.3 Å². The highest BCUT2D eigenvalue weighted by atomic mass is 16.6. The van der Waals surface area contributed by atoms with Crippen LogP contribution in [0, 0.1) is 29.1 Å². The number of rotatable bonds is 9. The lowest BCUT2D eigenvalue weighted by molar-refractivity contribution is -0.224. The maximum atomic E-state index is 14.9. The molecule has 1 N–H and O–H groups in total. The molecule has 3 aliphatic carbocycles. The van der Waals surface area contributed by atoms with Crippen LogP contribution in [-0.4, -0.2) is 76.9 Å². The van der Waals surface area contributed by atoms with Crippen LogP contribution in [-0.2, 0) is 52.5 Å². The van der Waals surface area contributed by atoms with Crippen molar-refractivity contribution < 1.29 is 57.6 Å². The van der Waals surface area contributed by atoms with E-state index in [-0.39, 0.29) is 12.8 Å². The van der Waals surface area contributed by atoms with Gasteiger partial charge in [0, 0.05) is 52.4 Å². The van der Waals surface area contributed by atoms with Crippen LogP contribution in [0.2, 0.25) is 0 Å². The summed E-state index contributed by atoms with van der Waals surface area (Å²) in [6.07, 6.45) is -0.779. The molecule has 0 aliphatic heterocycles. The molecule has 12 nitrogen and oxygen atoms in total. The zero-order chi connectivity index (χ0) is 33.4. The van der Waals surface area contributed by atoms with E-state index in [2.05, 4.69) is 6.58 Å². The van der Waals surface area contributed by atoms with Gasteiger partial charge in [-0.05, 0) is 32.3 Å². The van der Waals surface area contributed by atoms with Gasteiger partial charge in [0.25, 0.3) is 0 Å². The topological polar surface area (TPSA) is 169 Å².